The topological polar surface area (TPSA) is 43.1 Å². The second-order valence-electron chi connectivity index (χ2n) is 0.868. The number of rotatable bonds is 0. The Balaban J connectivity index is 0. The van der Waals surface area contributed by atoms with Gasteiger partial charge in [0.05, 0.1) is 0 Å². The minimum absolute atomic E-state index is 0.500. The fourth-order valence-corrected chi connectivity index (χ4v) is 0. The van der Waals surface area contributed by atoms with E-state index in [1.807, 2.05) is 0 Å². The van der Waals surface area contributed by atoms with Crippen molar-refractivity contribution in [3.8, 4) is 0 Å². The van der Waals surface area contributed by atoms with E-state index in [1.165, 1.54) is 0 Å². The van der Waals surface area contributed by atoms with Crippen LogP contribution in [0, 0.1) is 10.1 Å². The van der Waals surface area contributed by atoms with Crippen molar-refractivity contribution in [2.45, 2.75) is 3.25 Å². The minimum atomic E-state index is -1.61. The molecule has 0 radical (unpaired) electrons. The molecule has 0 amide bonds. The molecule has 0 aliphatic rings. The van der Waals surface area contributed by atoms with Crippen molar-refractivity contribution in [1.29, 1.82) is 0 Å². The summed E-state index contributed by atoms with van der Waals surface area (Å²) in [7, 11) is 0.889. The molecule has 7 heteroatoms. The number of alkyl halides is 4. The van der Waals surface area contributed by atoms with Crippen LogP contribution >= 0.6 is 46.4 Å². The summed E-state index contributed by atoms with van der Waals surface area (Å²) >= 11 is 19.3. The summed E-state index contributed by atoms with van der Waals surface area (Å²) in [6.07, 6.45) is 0. The fraction of sp³-hybridized carbons (Fsp3) is 1.00. The molecular weight excluding hydrogens is 212 g/mol. The van der Waals surface area contributed by atoms with Gasteiger partial charge in [0.2, 0.25) is 0 Å². The zero-order valence-corrected chi connectivity index (χ0v) is 7.30. The van der Waals surface area contributed by atoms with Gasteiger partial charge in [0.25, 0.3) is 3.25 Å². The van der Waals surface area contributed by atoms with E-state index in [0.29, 0.717) is 0 Å². The molecule has 0 rings (SSSR count). The average Bonchev–Trinajstić information content (AvgIpc) is 1.19. The van der Waals surface area contributed by atoms with Crippen LogP contribution in [0.1, 0.15) is 0 Å². The van der Waals surface area contributed by atoms with Gasteiger partial charge in [0.1, 0.15) is 0 Å². The lowest BCUT2D eigenvalue weighted by molar-refractivity contribution is -0.445. The standard InChI is InChI=1S/CCl4.CH3NO2/c2-1(3,4)5;1-2(3)4/h;1H3. The second-order valence-corrected chi connectivity index (χ2v) is 4.30. The predicted molar refractivity (Wildman–Crippen MR) is 39.1 cm³/mol. The molecule has 0 aromatic rings. The van der Waals surface area contributed by atoms with Gasteiger partial charge in [-0.15, -0.1) is 0 Å². The molecule has 0 N–H and O–H groups in total. The highest BCUT2D eigenvalue weighted by atomic mass is 35.6. The van der Waals surface area contributed by atoms with Crippen molar-refractivity contribution in [2.24, 2.45) is 0 Å². The maximum atomic E-state index is 8.81. The number of hydrogen-bond donors (Lipinski definition) is 0. The third kappa shape index (κ3) is 1170. The van der Waals surface area contributed by atoms with Crippen LogP contribution in [0.5, 0.6) is 0 Å². The van der Waals surface area contributed by atoms with Gasteiger partial charge in [-0.1, -0.05) is 46.4 Å². The van der Waals surface area contributed by atoms with Crippen LogP contribution in [-0.4, -0.2) is 15.2 Å². The third-order valence-electron chi connectivity index (χ3n) is 0. The van der Waals surface area contributed by atoms with E-state index in [0.717, 1.165) is 7.05 Å². The first kappa shape index (κ1) is 12.3. The van der Waals surface area contributed by atoms with Crippen LogP contribution in [-0.2, 0) is 0 Å². The first-order valence-electron chi connectivity index (χ1n) is 1.57. The van der Waals surface area contributed by atoms with E-state index in [1.54, 1.807) is 0 Å². The molecule has 0 aliphatic carbocycles. The Bertz CT molecular complexity index is 79.1. The summed E-state index contributed by atoms with van der Waals surface area (Å²) in [4.78, 5) is 8.31. The van der Waals surface area contributed by atoms with E-state index in [2.05, 4.69) is 0 Å². The lowest BCUT2D eigenvalue weighted by Crippen LogP contribution is -1.81. The van der Waals surface area contributed by atoms with Gasteiger partial charge in [-0.05, 0) is 0 Å². The summed E-state index contributed by atoms with van der Waals surface area (Å²) in [5.74, 6) is 0. The Morgan fingerprint density at radius 3 is 1.33 bits per heavy atom. The lowest BCUT2D eigenvalue weighted by atomic mass is 11.5. The highest BCUT2D eigenvalue weighted by Gasteiger charge is 2.11. The van der Waals surface area contributed by atoms with Crippen LogP contribution in [0.2, 0.25) is 0 Å². The molecule has 0 saturated carbocycles. The summed E-state index contributed by atoms with van der Waals surface area (Å²) in [5, 5.41) is 8.81. The van der Waals surface area contributed by atoms with Gasteiger partial charge < -0.3 is 0 Å². The smallest absolute Gasteiger partial charge is 0.265 e. The van der Waals surface area contributed by atoms with Crippen molar-refractivity contribution in [3.63, 3.8) is 0 Å². The van der Waals surface area contributed by atoms with Gasteiger partial charge in [0.15, 0.2) is 7.05 Å². The molecule has 0 spiro atoms. The molecule has 56 valence electrons. The maximum Gasteiger partial charge on any atom is 0.266 e. The van der Waals surface area contributed by atoms with Crippen molar-refractivity contribution in [1.82, 2.24) is 0 Å². The van der Waals surface area contributed by atoms with Gasteiger partial charge in [0, 0.05) is 4.92 Å². The van der Waals surface area contributed by atoms with Crippen LogP contribution in [0.25, 0.3) is 0 Å². The van der Waals surface area contributed by atoms with Gasteiger partial charge in [-0.2, -0.15) is 0 Å². The number of halogens is 4. The average molecular weight is 215 g/mol. The molecule has 0 fully saturated rings. The summed E-state index contributed by atoms with van der Waals surface area (Å²) in [6, 6.07) is 0. The fourth-order valence-electron chi connectivity index (χ4n) is 0. The first-order valence-corrected chi connectivity index (χ1v) is 3.08. The van der Waals surface area contributed by atoms with Gasteiger partial charge in [-0.25, -0.2) is 0 Å². The quantitative estimate of drug-likeness (QED) is 0.353. The third-order valence-corrected chi connectivity index (χ3v) is 0. The van der Waals surface area contributed by atoms with E-state index < -0.39 is 8.18 Å². The Labute approximate surface area is 72.0 Å². The van der Waals surface area contributed by atoms with E-state index in [9.17, 15) is 0 Å². The molecule has 0 aromatic heterocycles. The summed E-state index contributed by atoms with van der Waals surface area (Å²) in [5.41, 5.74) is 0. The van der Waals surface area contributed by atoms with E-state index in [-0.39, 0.29) is 0 Å². The normalized spacial score (nSPS) is 9.44. The number of nitro groups is 1. The molecule has 0 aliphatic heterocycles. The van der Waals surface area contributed by atoms with Crippen LogP contribution in [0.15, 0.2) is 0 Å². The highest BCUT2D eigenvalue weighted by molar-refractivity contribution is 6.83. The molecular formula is C2H3Cl4NO2. The largest absolute Gasteiger partial charge is 0.266 e. The molecule has 0 bridgehead atoms. The molecule has 0 heterocycles. The molecule has 3 nitrogen and oxygen atoms in total. The van der Waals surface area contributed by atoms with Crippen LogP contribution < -0.4 is 0 Å². The SMILES string of the molecule is C[N+](=O)[O-].ClC(Cl)(Cl)Cl. The van der Waals surface area contributed by atoms with Crippen LogP contribution in [0.4, 0.5) is 0 Å². The lowest BCUT2D eigenvalue weighted by Gasteiger charge is -1.91. The van der Waals surface area contributed by atoms with Gasteiger partial charge in [-0.3, -0.25) is 10.1 Å². The molecule has 0 saturated heterocycles. The monoisotopic (exact) mass is 213 g/mol. The predicted octanol–water partition coefficient (Wildman–Crippen LogP) is 2.45. The van der Waals surface area contributed by atoms with E-state index in [4.69, 9.17) is 56.5 Å². The van der Waals surface area contributed by atoms with Gasteiger partial charge >= 0.3 is 0 Å². The molecule has 0 aromatic carbocycles. The summed E-state index contributed by atoms with van der Waals surface area (Å²) in [6.45, 7) is 0. The minimum Gasteiger partial charge on any atom is -0.265 e. The Kier molecular flexibility index (Phi) is 7.29. The molecule has 9 heavy (non-hydrogen) atoms. The van der Waals surface area contributed by atoms with Crippen molar-refractivity contribution >= 4 is 46.4 Å². The molecule has 0 unspecified atom stereocenters. The Morgan fingerprint density at radius 1 is 1.33 bits per heavy atom. The Hall–Kier alpha value is 0.560. The van der Waals surface area contributed by atoms with Crippen molar-refractivity contribution < 1.29 is 4.92 Å². The zero-order chi connectivity index (χ0) is 8.08. The number of hydrogen-bond acceptors (Lipinski definition) is 2. The van der Waals surface area contributed by atoms with Crippen molar-refractivity contribution in [2.75, 3.05) is 7.05 Å². The Morgan fingerprint density at radius 2 is 1.33 bits per heavy atom. The zero-order valence-electron chi connectivity index (χ0n) is 4.28. The maximum absolute atomic E-state index is 8.81. The summed E-state index contributed by atoms with van der Waals surface area (Å²) < 4.78 is -1.61. The molecule has 0 atom stereocenters. The first-order chi connectivity index (χ1) is 3.73. The van der Waals surface area contributed by atoms with Crippen molar-refractivity contribution in [3.05, 3.63) is 10.1 Å². The number of nitrogens with zero attached hydrogens (tertiary/aromatic N) is 1. The van der Waals surface area contributed by atoms with Crippen LogP contribution in [0.3, 0.4) is 0 Å². The second kappa shape index (κ2) is 5.35. The highest BCUT2D eigenvalue weighted by Crippen LogP contribution is 2.29. The van der Waals surface area contributed by atoms with E-state index >= 15 is 0 Å².